The van der Waals surface area contributed by atoms with Crippen LogP contribution in [0.2, 0.25) is 10.0 Å². The van der Waals surface area contributed by atoms with E-state index >= 15 is 0 Å². The first-order valence-corrected chi connectivity index (χ1v) is 5.84. The normalized spacial score (nSPS) is 10.3. The summed E-state index contributed by atoms with van der Waals surface area (Å²) in [6.07, 6.45) is 0. The van der Waals surface area contributed by atoms with Crippen LogP contribution in [0.1, 0.15) is 5.56 Å². The molecule has 0 unspecified atom stereocenters. The van der Waals surface area contributed by atoms with Gasteiger partial charge in [-0.15, -0.1) is 0 Å². The Labute approximate surface area is 109 Å². The van der Waals surface area contributed by atoms with E-state index in [-0.39, 0.29) is 5.02 Å². The highest BCUT2D eigenvalue weighted by molar-refractivity contribution is 6.31. The van der Waals surface area contributed by atoms with Gasteiger partial charge in [0.05, 0.1) is 5.02 Å². The third-order valence-corrected chi connectivity index (χ3v) is 2.87. The molecular weight excluding hydrogens is 260 g/mol. The van der Waals surface area contributed by atoms with Crippen LogP contribution in [0.15, 0.2) is 42.5 Å². The summed E-state index contributed by atoms with van der Waals surface area (Å²) in [6.45, 7) is 0.585. The van der Waals surface area contributed by atoms with E-state index in [4.69, 9.17) is 23.2 Å². The number of halogens is 3. The molecule has 0 atom stereocenters. The van der Waals surface area contributed by atoms with Gasteiger partial charge in [0.25, 0.3) is 0 Å². The second kappa shape index (κ2) is 5.39. The molecule has 0 aliphatic carbocycles. The van der Waals surface area contributed by atoms with Gasteiger partial charge in [0.15, 0.2) is 0 Å². The van der Waals surface area contributed by atoms with E-state index in [0.29, 0.717) is 11.6 Å². The molecule has 0 saturated heterocycles. The van der Waals surface area contributed by atoms with Crippen LogP contribution >= 0.6 is 23.2 Å². The van der Waals surface area contributed by atoms with Gasteiger partial charge in [-0.3, -0.25) is 0 Å². The summed E-state index contributed by atoms with van der Waals surface area (Å²) in [4.78, 5) is 0. The summed E-state index contributed by atoms with van der Waals surface area (Å²) >= 11 is 11.5. The van der Waals surface area contributed by atoms with Gasteiger partial charge in [-0.1, -0.05) is 29.3 Å². The lowest BCUT2D eigenvalue weighted by Crippen LogP contribution is -1.99. The van der Waals surface area contributed by atoms with Crippen molar-refractivity contribution in [2.24, 2.45) is 0 Å². The zero-order valence-corrected chi connectivity index (χ0v) is 10.4. The number of rotatable bonds is 3. The largest absolute Gasteiger partial charge is 0.381 e. The monoisotopic (exact) mass is 269 g/mol. The van der Waals surface area contributed by atoms with Gasteiger partial charge in [-0.25, -0.2) is 4.39 Å². The number of benzene rings is 2. The molecule has 1 nitrogen and oxygen atoms in total. The Morgan fingerprint density at radius 3 is 2.35 bits per heavy atom. The Hall–Kier alpha value is -1.25. The zero-order valence-electron chi connectivity index (χ0n) is 8.88. The van der Waals surface area contributed by atoms with E-state index in [0.717, 1.165) is 11.3 Å². The zero-order chi connectivity index (χ0) is 12.3. The van der Waals surface area contributed by atoms with Gasteiger partial charge in [-0.2, -0.15) is 0 Å². The Balaban J connectivity index is 2.02. The minimum atomic E-state index is -0.401. The Morgan fingerprint density at radius 2 is 1.71 bits per heavy atom. The summed E-state index contributed by atoms with van der Waals surface area (Å²) < 4.78 is 12.9. The molecule has 0 aliphatic heterocycles. The van der Waals surface area contributed by atoms with Gasteiger partial charge < -0.3 is 5.32 Å². The summed E-state index contributed by atoms with van der Waals surface area (Å²) in [5.41, 5.74) is 1.88. The minimum absolute atomic E-state index is 0.139. The van der Waals surface area contributed by atoms with E-state index in [1.165, 1.54) is 6.07 Å². The van der Waals surface area contributed by atoms with Crippen LogP contribution in [0.3, 0.4) is 0 Å². The van der Waals surface area contributed by atoms with Gasteiger partial charge in [0.2, 0.25) is 0 Å². The van der Waals surface area contributed by atoms with Crippen molar-refractivity contribution >= 4 is 28.9 Å². The van der Waals surface area contributed by atoms with Crippen molar-refractivity contribution in [3.05, 3.63) is 63.9 Å². The standard InChI is InChI=1S/C13H10Cl2FN/c14-10-2-4-11(5-3-10)17-8-9-1-6-13(16)12(15)7-9/h1-7,17H,8H2. The molecule has 1 N–H and O–H groups in total. The quantitative estimate of drug-likeness (QED) is 0.849. The minimum Gasteiger partial charge on any atom is -0.381 e. The molecule has 0 aromatic heterocycles. The second-order valence-corrected chi connectivity index (χ2v) is 4.45. The smallest absolute Gasteiger partial charge is 0.141 e. The van der Waals surface area contributed by atoms with Gasteiger partial charge in [0, 0.05) is 17.3 Å². The molecular formula is C13H10Cl2FN. The number of anilines is 1. The maximum absolute atomic E-state index is 12.9. The molecule has 0 radical (unpaired) electrons. The van der Waals surface area contributed by atoms with Gasteiger partial charge in [0.1, 0.15) is 5.82 Å². The van der Waals surface area contributed by atoms with Crippen molar-refractivity contribution in [1.29, 1.82) is 0 Å². The predicted octanol–water partition coefficient (Wildman–Crippen LogP) is 4.74. The molecule has 0 bridgehead atoms. The molecule has 2 aromatic rings. The summed E-state index contributed by atoms with van der Waals surface area (Å²) in [7, 11) is 0. The van der Waals surface area contributed by atoms with E-state index in [1.807, 2.05) is 24.3 Å². The lowest BCUT2D eigenvalue weighted by atomic mass is 10.2. The lowest BCUT2D eigenvalue weighted by Gasteiger charge is -2.07. The number of hydrogen-bond acceptors (Lipinski definition) is 1. The van der Waals surface area contributed by atoms with E-state index in [9.17, 15) is 4.39 Å². The van der Waals surface area contributed by atoms with Crippen LogP contribution in [-0.4, -0.2) is 0 Å². The highest BCUT2D eigenvalue weighted by Gasteiger charge is 2.00. The van der Waals surface area contributed by atoms with Crippen LogP contribution < -0.4 is 5.32 Å². The molecule has 0 amide bonds. The van der Waals surface area contributed by atoms with Crippen LogP contribution in [0.5, 0.6) is 0 Å². The molecule has 0 saturated carbocycles. The Bertz CT molecular complexity index is 511. The third kappa shape index (κ3) is 3.35. The maximum atomic E-state index is 12.9. The van der Waals surface area contributed by atoms with Crippen molar-refractivity contribution in [2.75, 3.05) is 5.32 Å². The summed E-state index contributed by atoms with van der Waals surface area (Å²) in [5, 5.41) is 4.03. The van der Waals surface area contributed by atoms with Crippen molar-refractivity contribution in [3.8, 4) is 0 Å². The molecule has 88 valence electrons. The first-order chi connectivity index (χ1) is 8.15. The molecule has 0 spiro atoms. The average Bonchev–Trinajstić information content (AvgIpc) is 2.33. The van der Waals surface area contributed by atoms with Crippen molar-refractivity contribution in [1.82, 2.24) is 0 Å². The maximum Gasteiger partial charge on any atom is 0.141 e. The van der Waals surface area contributed by atoms with Crippen molar-refractivity contribution in [3.63, 3.8) is 0 Å². The summed E-state index contributed by atoms with van der Waals surface area (Å²) in [5.74, 6) is -0.401. The molecule has 2 aromatic carbocycles. The molecule has 4 heteroatoms. The highest BCUT2D eigenvalue weighted by atomic mass is 35.5. The summed E-state index contributed by atoms with van der Waals surface area (Å²) in [6, 6.07) is 12.1. The van der Waals surface area contributed by atoms with E-state index in [1.54, 1.807) is 12.1 Å². The fourth-order valence-electron chi connectivity index (χ4n) is 1.42. The topological polar surface area (TPSA) is 12.0 Å². The third-order valence-electron chi connectivity index (χ3n) is 2.32. The van der Waals surface area contributed by atoms with Gasteiger partial charge >= 0.3 is 0 Å². The first-order valence-electron chi connectivity index (χ1n) is 5.08. The average molecular weight is 270 g/mol. The number of nitrogens with one attached hydrogen (secondary N) is 1. The molecule has 0 heterocycles. The van der Waals surface area contributed by atoms with Gasteiger partial charge in [-0.05, 0) is 42.0 Å². The van der Waals surface area contributed by atoms with Crippen LogP contribution in [0.4, 0.5) is 10.1 Å². The molecule has 2 rings (SSSR count). The highest BCUT2D eigenvalue weighted by Crippen LogP contribution is 2.18. The SMILES string of the molecule is Fc1ccc(CNc2ccc(Cl)cc2)cc1Cl. The van der Waals surface area contributed by atoms with Crippen molar-refractivity contribution in [2.45, 2.75) is 6.54 Å². The Kier molecular flexibility index (Phi) is 3.87. The van der Waals surface area contributed by atoms with E-state index in [2.05, 4.69) is 5.32 Å². The predicted molar refractivity (Wildman–Crippen MR) is 70.2 cm³/mol. The first kappa shape index (κ1) is 12.2. The second-order valence-electron chi connectivity index (χ2n) is 3.61. The fraction of sp³-hybridized carbons (Fsp3) is 0.0769. The fourth-order valence-corrected chi connectivity index (χ4v) is 1.75. The lowest BCUT2D eigenvalue weighted by molar-refractivity contribution is 0.627. The molecule has 0 aliphatic rings. The van der Waals surface area contributed by atoms with Crippen LogP contribution in [-0.2, 0) is 6.54 Å². The van der Waals surface area contributed by atoms with E-state index < -0.39 is 5.82 Å². The molecule has 17 heavy (non-hydrogen) atoms. The van der Waals surface area contributed by atoms with Crippen LogP contribution in [0.25, 0.3) is 0 Å². The van der Waals surface area contributed by atoms with Crippen LogP contribution in [0, 0.1) is 5.82 Å². The molecule has 0 fully saturated rings. The number of hydrogen-bond donors (Lipinski definition) is 1. The Morgan fingerprint density at radius 1 is 1.00 bits per heavy atom. The van der Waals surface area contributed by atoms with Crippen molar-refractivity contribution < 1.29 is 4.39 Å².